The molecule has 16 heterocycles. The van der Waals surface area contributed by atoms with Gasteiger partial charge in [0.25, 0.3) is 0 Å². The second-order valence-electron chi connectivity index (χ2n) is 40.7. The monoisotopic (exact) mass is 2100 g/mol. The van der Waals surface area contributed by atoms with Crippen LogP contribution in [-0.4, -0.2) is 234 Å². The molecule has 3 amide bonds. The Morgan fingerprint density at radius 3 is 1.41 bits per heavy atom. The van der Waals surface area contributed by atoms with E-state index in [0.717, 1.165) is 169 Å². The fraction of sp³-hybridized carbons (Fsp3) is 0.480. The lowest BCUT2D eigenvalue weighted by Gasteiger charge is -2.47. The SMILES string of the molecule is Brc1ccnc2[nH]ccc12.CC1(C)OB(c2cn[nH]c2)OC1(C)C.C[Si](C)(C)CCOCn1ccc2c(-c3cn[nH]c3)ccnc21.C[Si](C)(C)CCOCn1ccc2c(Br)ccnc21.Cl.O=C(Cl)C1CC1.[C-]#[N+]C=C1CN(C(=O)C2CC2)C1.[C-]#[N+]C=C1CN(C(=O)OC(C)(C)C)C1.[C-]#[N+]C=C1CNC1.[C-]#[N+]CC1(n2cc(-c3ccnc4c3ccn4COCC[Si](C)(C)C)cn2)CN(C(=O)C2CC2)C1. The summed E-state index contributed by atoms with van der Waals surface area (Å²) in [7, 11) is -3.46. The largest absolute Gasteiger partial charge is 0.498 e. The molecule has 19 rings (SSSR count). The number of aromatic amines is 3. The fourth-order valence-electron chi connectivity index (χ4n) is 14.2. The molecular weight excluding hydrogens is 1970 g/mol. The highest BCUT2D eigenvalue weighted by Gasteiger charge is 2.54. The van der Waals surface area contributed by atoms with Gasteiger partial charge in [0.1, 0.15) is 48.4 Å². The van der Waals surface area contributed by atoms with E-state index in [1.807, 2.05) is 171 Å². The first-order chi connectivity index (χ1) is 65.1. The first-order valence-electron chi connectivity index (χ1n) is 46.2. The van der Waals surface area contributed by atoms with Gasteiger partial charge < -0.3 is 71.8 Å². The number of halogens is 4. The van der Waals surface area contributed by atoms with E-state index >= 15 is 0 Å². The molecule has 40 heteroatoms. The zero-order valence-electron chi connectivity index (χ0n) is 81.9. The molecule has 0 spiro atoms. The molecule has 0 atom stereocenters. The first-order valence-corrected chi connectivity index (χ1v) is 59.3. The van der Waals surface area contributed by atoms with E-state index in [1.165, 1.54) is 30.1 Å². The number of amides is 3. The molecule has 8 fully saturated rings. The van der Waals surface area contributed by atoms with E-state index in [4.69, 9.17) is 66.1 Å². The Labute approximate surface area is 840 Å². The summed E-state index contributed by atoms with van der Waals surface area (Å²) >= 11 is 12.0. The van der Waals surface area contributed by atoms with Crippen LogP contribution in [0.4, 0.5) is 4.79 Å². The molecule has 5 aliphatic heterocycles. The van der Waals surface area contributed by atoms with Gasteiger partial charge in [-0.1, -0.05) is 58.9 Å². The van der Waals surface area contributed by atoms with E-state index in [0.29, 0.717) is 71.9 Å². The van der Waals surface area contributed by atoms with Crippen LogP contribution < -0.4 is 10.8 Å². The minimum absolute atomic E-state index is 0. The van der Waals surface area contributed by atoms with Gasteiger partial charge in [0, 0.05) is 223 Å². The van der Waals surface area contributed by atoms with Crippen molar-refractivity contribution in [1.29, 1.82) is 0 Å². The lowest BCUT2D eigenvalue weighted by Crippen LogP contribution is -2.66. The maximum Gasteiger partial charge on any atom is 0.498 e. The first kappa shape index (κ1) is 109. The van der Waals surface area contributed by atoms with E-state index in [9.17, 15) is 19.2 Å². The standard InChI is InChI=1S/C25H32N6O2Si.C16H22N4OSi.C13H19BrN2OSi.C10H14N2O2.C9H15BN2O2.C9H10N2O.C7H5BrN2.C5H6N2.C4H5ClO.ClH/c1-26-15-25(16-30(17-25)24(32)19-5-6-19)31-14-20(13-28-31)21-7-9-27-23-22(21)8-10-29(23)18-33-11-12-34(2,3)4;1-22(2,3)9-8-21-12-20-7-5-15-14(4-6-17-16(15)20)13-10-18-19-11-13;1-18(2,3)9-8-17-10-16-7-5-11-12(14)4-6-15-13(11)16;1-10(2,3)14-9(13)12-6-8(7-12)5-11-4;1-8(2)9(3,4)14-10(13-8)7-5-11-12-6-7;1-10-4-7-5-11(6-7)9(12)8-2-3-8;8-6-2-4-10-7-5(6)1-3-9-7;1-6-2-5-3-7-4-5;5-4(6)3-1-2-3;/h7-10,13-14,19H,5-6,11-12,15-18H2,2-4H3;4-7,10-11H,8-9,12H2,1-3H3,(H,18,19);4-7H,8-10H2,1-3H3;5H,6-7H2,1-3H3;5-6H,1-4H3,(H,11,12);4,8H,2-3,5-6H2;1-4H,(H,9,10);2,7H,3-4H2;3H,1-2H2;1H. The van der Waals surface area contributed by atoms with Gasteiger partial charge in [-0.2, -0.15) is 15.3 Å². The van der Waals surface area contributed by atoms with Gasteiger partial charge in [-0.05, 0) is 225 Å². The number of nitrogens with one attached hydrogen (secondary N) is 4. The van der Waals surface area contributed by atoms with Crippen molar-refractivity contribution in [3.05, 3.63) is 225 Å². The second kappa shape index (κ2) is 49.5. The van der Waals surface area contributed by atoms with Crippen LogP contribution in [0.25, 0.3) is 85.8 Å². The zero-order chi connectivity index (χ0) is 99.1. The Kier molecular flexibility index (Phi) is 39.3. The number of hydrogen-bond donors (Lipinski definition) is 4. The highest BCUT2D eigenvalue weighted by atomic mass is 79.9. The van der Waals surface area contributed by atoms with Gasteiger partial charge in [0.2, 0.25) is 23.6 Å². The highest BCUT2D eigenvalue weighted by molar-refractivity contribution is 9.11. The van der Waals surface area contributed by atoms with Crippen LogP contribution in [0.15, 0.2) is 180 Å². The van der Waals surface area contributed by atoms with Crippen LogP contribution in [0.1, 0.15) is 87.0 Å². The smallest absolute Gasteiger partial charge is 0.444 e. The number of ether oxygens (including phenoxy) is 4. The Hall–Kier alpha value is -10.5. The molecule has 32 nitrogen and oxygen atoms in total. The molecule has 0 bridgehead atoms. The molecule has 0 aromatic carbocycles. The number of carbonyl (C=O) groups is 4. The molecule has 11 aromatic rings. The number of pyridine rings is 4. The van der Waals surface area contributed by atoms with Crippen LogP contribution in [0.5, 0.6) is 0 Å². The Balaban J connectivity index is 0.000000167. The molecule has 8 aliphatic rings. The summed E-state index contributed by atoms with van der Waals surface area (Å²) in [6, 6.07) is 19.6. The molecule has 0 radical (unpaired) electrons. The molecule has 734 valence electrons. The van der Waals surface area contributed by atoms with Crippen molar-refractivity contribution in [2.24, 2.45) is 17.8 Å². The van der Waals surface area contributed by atoms with Gasteiger partial charge >= 0.3 is 13.2 Å². The molecule has 3 aliphatic carbocycles. The van der Waals surface area contributed by atoms with Gasteiger partial charge in [0.15, 0.2) is 24.1 Å². The van der Waals surface area contributed by atoms with Gasteiger partial charge in [-0.25, -0.2) is 45.8 Å². The van der Waals surface area contributed by atoms with Gasteiger partial charge in [0.05, 0.1) is 56.4 Å². The third-order valence-electron chi connectivity index (χ3n) is 23.6. The topological polar surface area (TPSA) is 320 Å². The number of aromatic nitrogens is 14. The third kappa shape index (κ3) is 32.3. The van der Waals surface area contributed by atoms with Crippen LogP contribution in [0.2, 0.25) is 77.1 Å². The maximum atomic E-state index is 12.4. The Morgan fingerprint density at radius 2 is 1.00 bits per heavy atom. The lowest BCUT2D eigenvalue weighted by atomic mass is 9.82. The van der Waals surface area contributed by atoms with Crippen molar-refractivity contribution < 1.29 is 47.4 Å². The second-order valence-corrected chi connectivity index (χ2v) is 59.6. The predicted octanol–water partition coefficient (Wildman–Crippen LogP) is 20.0. The molecule has 4 N–H and O–H groups in total. The Morgan fingerprint density at radius 1 is 0.558 bits per heavy atom. The van der Waals surface area contributed by atoms with Crippen LogP contribution in [0.3, 0.4) is 0 Å². The number of carbonyl (C=O) groups excluding carboxylic acids is 4. The quantitative estimate of drug-likeness (QED) is 0.0200. The summed E-state index contributed by atoms with van der Waals surface area (Å²) in [5.41, 5.74) is 10.7. The number of likely N-dealkylation sites (tertiary alicyclic amines) is 3. The van der Waals surface area contributed by atoms with Crippen molar-refractivity contribution in [2.45, 2.75) is 207 Å². The number of fused-ring (bicyclic) bond motifs is 4. The normalized spacial score (nSPS) is 16.3. The van der Waals surface area contributed by atoms with Gasteiger partial charge in [-0.3, -0.25) is 29.3 Å². The minimum atomic E-state index is -1.12. The number of H-pyrrole nitrogens is 3. The molecular formula is C98H129BBr2Cl2N22O10Si3. The average molecular weight is 2100 g/mol. The molecule has 3 saturated carbocycles. The van der Waals surface area contributed by atoms with Crippen LogP contribution >= 0.6 is 55.9 Å². The summed E-state index contributed by atoms with van der Waals surface area (Å²) in [5.74, 6) is 1.27. The summed E-state index contributed by atoms with van der Waals surface area (Å²) in [5, 5.41) is 25.5. The summed E-state index contributed by atoms with van der Waals surface area (Å²) in [6.45, 7) is 71.6. The van der Waals surface area contributed by atoms with Crippen molar-refractivity contribution >= 4 is 160 Å². The van der Waals surface area contributed by atoms with E-state index < -0.39 is 35.4 Å². The number of rotatable bonds is 23. The summed E-state index contributed by atoms with van der Waals surface area (Å²) in [6.07, 6.45) is 36.7. The Bertz CT molecular complexity index is 6140. The predicted molar refractivity (Wildman–Crippen MR) is 560 cm³/mol. The third-order valence-corrected chi connectivity index (χ3v) is 30.5. The van der Waals surface area contributed by atoms with E-state index in [2.05, 4.69) is 189 Å². The average Bonchev–Trinajstić information content (AvgIpc) is 1.52. The molecule has 5 saturated heterocycles. The van der Waals surface area contributed by atoms with Crippen molar-refractivity contribution in [3.63, 3.8) is 0 Å². The van der Waals surface area contributed by atoms with Crippen molar-refractivity contribution in [2.75, 3.05) is 78.7 Å². The molecule has 0 unspecified atom stereocenters. The maximum absolute atomic E-state index is 12.4. The number of hydrogen-bond acceptors (Lipinski definition) is 18. The molecule has 138 heavy (non-hydrogen) atoms. The number of nitrogens with zero attached hydrogens (tertiary/aromatic N) is 18. The van der Waals surface area contributed by atoms with Crippen LogP contribution in [0, 0.1) is 44.0 Å². The minimum Gasteiger partial charge on any atom is -0.444 e. The van der Waals surface area contributed by atoms with E-state index in [-0.39, 0.29) is 65.7 Å². The summed E-state index contributed by atoms with van der Waals surface area (Å²) < 4.78 is 44.5. The zero-order valence-corrected chi connectivity index (χ0v) is 89.6. The summed E-state index contributed by atoms with van der Waals surface area (Å²) in [4.78, 5) is 84.1. The van der Waals surface area contributed by atoms with E-state index in [1.54, 1.807) is 29.7 Å². The fourth-order valence-corrected chi connectivity index (χ4v) is 17.5. The van der Waals surface area contributed by atoms with Crippen molar-refractivity contribution in [1.82, 2.24) is 88.8 Å². The lowest BCUT2D eigenvalue weighted by molar-refractivity contribution is -0.143. The molecule has 11 aromatic heterocycles. The highest BCUT2D eigenvalue weighted by Crippen LogP contribution is 2.41. The van der Waals surface area contributed by atoms with Gasteiger partial charge in [-0.15, -0.1) is 12.4 Å². The van der Waals surface area contributed by atoms with Crippen molar-refractivity contribution in [3.8, 4) is 22.3 Å². The van der Waals surface area contributed by atoms with Crippen LogP contribution in [-0.2, 0) is 68.4 Å².